The Morgan fingerprint density at radius 1 is 0.846 bits per heavy atom. The molecule has 0 radical (unpaired) electrons. The van der Waals surface area contributed by atoms with Crippen molar-refractivity contribution < 1.29 is 4.90 Å². The number of quaternary nitrogens is 1. The van der Waals surface area contributed by atoms with Gasteiger partial charge in [-0.25, -0.2) is 9.97 Å². The average molecular weight is 366 g/mol. The van der Waals surface area contributed by atoms with Crippen LogP contribution in [0.2, 0.25) is 5.02 Å². The number of rotatable bonds is 3. The van der Waals surface area contributed by atoms with Gasteiger partial charge in [0.1, 0.15) is 0 Å². The van der Waals surface area contributed by atoms with Crippen LogP contribution < -0.4 is 9.80 Å². The Kier molecular flexibility index (Phi) is 4.87. The first-order chi connectivity index (χ1) is 12.7. The van der Waals surface area contributed by atoms with Gasteiger partial charge in [-0.05, 0) is 18.2 Å². The Morgan fingerprint density at radius 3 is 2.04 bits per heavy atom. The van der Waals surface area contributed by atoms with Gasteiger partial charge in [-0.3, -0.25) is 0 Å². The summed E-state index contributed by atoms with van der Waals surface area (Å²) in [5.74, 6) is 0.809. The third-order valence-electron chi connectivity index (χ3n) is 4.82. The molecular formula is C21H22ClN4+. The molecular weight excluding hydrogens is 344 g/mol. The van der Waals surface area contributed by atoms with Gasteiger partial charge in [-0.15, -0.1) is 0 Å². The third-order valence-corrected chi connectivity index (χ3v) is 5.08. The van der Waals surface area contributed by atoms with E-state index >= 15 is 0 Å². The quantitative estimate of drug-likeness (QED) is 0.775. The van der Waals surface area contributed by atoms with Gasteiger partial charge >= 0.3 is 0 Å². The largest absolute Gasteiger partial charge is 0.334 e. The van der Waals surface area contributed by atoms with E-state index in [-0.39, 0.29) is 0 Å². The maximum absolute atomic E-state index is 6.05. The highest BCUT2D eigenvalue weighted by Crippen LogP contribution is 2.27. The molecule has 1 aromatic heterocycles. The monoisotopic (exact) mass is 365 g/mol. The van der Waals surface area contributed by atoms with Crippen molar-refractivity contribution in [2.75, 3.05) is 38.1 Å². The van der Waals surface area contributed by atoms with E-state index in [1.165, 1.54) is 0 Å². The molecule has 1 aliphatic heterocycles. The van der Waals surface area contributed by atoms with E-state index in [0.29, 0.717) is 0 Å². The van der Waals surface area contributed by atoms with Crippen LogP contribution in [-0.2, 0) is 0 Å². The van der Waals surface area contributed by atoms with E-state index in [0.717, 1.165) is 59.7 Å². The van der Waals surface area contributed by atoms with Gasteiger partial charge < -0.3 is 9.80 Å². The molecule has 26 heavy (non-hydrogen) atoms. The molecule has 4 rings (SSSR count). The third kappa shape index (κ3) is 3.71. The molecule has 4 nitrogen and oxygen atoms in total. The molecule has 0 saturated carbocycles. The van der Waals surface area contributed by atoms with Crippen molar-refractivity contribution in [1.82, 2.24) is 9.97 Å². The first kappa shape index (κ1) is 17.0. The van der Waals surface area contributed by atoms with Gasteiger partial charge in [-0.1, -0.05) is 54.1 Å². The molecule has 1 aliphatic rings. The molecule has 2 aromatic carbocycles. The lowest BCUT2D eigenvalue weighted by Crippen LogP contribution is -3.12. The van der Waals surface area contributed by atoms with E-state index in [1.54, 1.807) is 4.90 Å². The molecule has 0 amide bonds. The summed E-state index contributed by atoms with van der Waals surface area (Å²) in [7, 11) is 2.23. The minimum absolute atomic E-state index is 0.730. The fourth-order valence-corrected chi connectivity index (χ4v) is 3.32. The van der Waals surface area contributed by atoms with Crippen LogP contribution in [0.1, 0.15) is 0 Å². The number of anilines is 1. The van der Waals surface area contributed by atoms with Crippen molar-refractivity contribution in [3.05, 3.63) is 65.7 Å². The summed E-state index contributed by atoms with van der Waals surface area (Å²) in [5, 5.41) is 0.730. The number of halogens is 1. The SMILES string of the molecule is C[NH+]1CCN(c2nc(-c3ccccc3)cc(-c3ccc(Cl)cc3)n2)CC1. The van der Waals surface area contributed by atoms with Crippen molar-refractivity contribution in [3.8, 4) is 22.5 Å². The zero-order valence-corrected chi connectivity index (χ0v) is 15.6. The van der Waals surface area contributed by atoms with Crippen molar-refractivity contribution in [2.45, 2.75) is 0 Å². The molecule has 5 heteroatoms. The van der Waals surface area contributed by atoms with Gasteiger partial charge in [0, 0.05) is 16.1 Å². The highest BCUT2D eigenvalue weighted by Gasteiger charge is 2.20. The zero-order valence-electron chi connectivity index (χ0n) is 14.8. The molecule has 1 saturated heterocycles. The van der Waals surface area contributed by atoms with Gasteiger partial charge in [-0.2, -0.15) is 0 Å². The first-order valence-electron chi connectivity index (χ1n) is 8.96. The van der Waals surface area contributed by atoms with E-state index in [2.05, 4.69) is 30.1 Å². The van der Waals surface area contributed by atoms with Crippen molar-refractivity contribution in [3.63, 3.8) is 0 Å². The smallest absolute Gasteiger partial charge is 0.226 e. The summed E-state index contributed by atoms with van der Waals surface area (Å²) < 4.78 is 0. The molecule has 0 aliphatic carbocycles. The van der Waals surface area contributed by atoms with Crippen molar-refractivity contribution in [2.24, 2.45) is 0 Å². The summed E-state index contributed by atoms with van der Waals surface area (Å²) in [5.41, 5.74) is 4.03. The van der Waals surface area contributed by atoms with E-state index in [4.69, 9.17) is 21.6 Å². The summed E-state index contributed by atoms with van der Waals surface area (Å²) in [4.78, 5) is 13.6. The minimum Gasteiger partial charge on any atom is -0.334 e. The minimum atomic E-state index is 0.730. The van der Waals surface area contributed by atoms with Crippen LogP contribution in [0, 0.1) is 0 Å². The molecule has 0 unspecified atom stereocenters. The van der Waals surface area contributed by atoms with Crippen LogP contribution in [0.25, 0.3) is 22.5 Å². The van der Waals surface area contributed by atoms with E-state index in [9.17, 15) is 0 Å². The lowest BCUT2D eigenvalue weighted by Gasteiger charge is -2.30. The maximum Gasteiger partial charge on any atom is 0.226 e. The summed E-state index contributed by atoms with van der Waals surface area (Å²) in [6.07, 6.45) is 0. The number of hydrogen-bond acceptors (Lipinski definition) is 3. The van der Waals surface area contributed by atoms with Crippen molar-refractivity contribution in [1.29, 1.82) is 0 Å². The Bertz CT molecular complexity index is 872. The van der Waals surface area contributed by atoms with Crippen molar-refractivity contribution >= 4 is 17.5 Å². The highest BCUT2D eigenvalue weighted by molar-refractivity contribution is 6.30. The predicted molar refractivity (Wildman–Crippen MR) is 107 cm³/mol. The molecule has 1 fully saturated rings. The normalized spacial score (nSPS) is 15.2. The molecule has 2 heterocycles. The number of likely N-dealkylation sites (N-methyl/N-ethyl adjacent to an activating group) is 1. The molecule has 3 aromatic rings. The number of piperazine rings is 1. The second-order valence-corrected chi connectivity index (χ2v) is 7.19. The van der Waals surface area contributed by atoms with E-state index < -0.39 is 0 Å². The Balaban J connectivity index is 1.78. The molecule has 1 N–H and O–H groups in total. The maximum atomic E-state index is 6.05. The first-order valence-corrected chi connectivity index (χ1v) is 9.33. The Labute approximate surface area is 159 Å². The molecule has 0 bridgehead atoms. The predicted octanol–water partition coefficient (Wildman–Crippen LogP) is 2.80. The fraction of sp³-hybridized carbons (Fsp3) is 0.238. The van der Waals surface area contributed by atoms with Gasteiger partial charge in [0.2, 0.25) is 5.95 Å². The fourth-order valence-electron chi connectivity index (χ4n) is 3.19. The average Bonchev–Trinajstić information content (AvgIpc) is 2.69. The Morgan fingerprint density at radius 2 is 1.42 bits per heavy atom. The van der Waals surface area contributed by atoms with Crippen LogP contribution >= 0.6 is 11.6 Å². The van der Waals surface area contributed by atoms with Crippen LogP contribution in [0.3, 0.4) is 0 Å². The second kappa shape index (κ2) is 7.44. The zero-order chi connectivity index (χ0) is 17.9. The van der Waals surface area contributed by atoms with Gasteiger partial charge in [0.15, 0.2) is 0 Å². The topological polar surface area (TPSA) is 33.5 Å². The number of aromatic nitrogens is 2. The lowest BCUT2D eigenvalue weighted by molar-refractivity contribution is -0.880. The number of nitrogens with one attached hydrogen (secondary N) is 1. The van der Waals surface area contributed by atoms with Crippen LogP contribution in [0.15, 0.2) is 60.7 Å². The Hall–Kier alpha value is -2.43. The summed E-state index contributed by atoms with van der Waals surface area (Å²) in [6.45, 7) is 4.17. The lowest BCUT2D eigenvalue weighted by atomic mass is 10.1. The van der Waals surface area contributed by atoms with Gasteiger partial charge in [0.25, 0.3) is 0 Å². The van der Waals surface area contributed by atoms with E-state index in [1.807, 2.05) is 42.5 Å². The van der Waals surface area contributed by atoms with Gasteiger partial charge in [0.05, 0.1) is 44.6 Å². The molecule has 0 spiro atoms. The second-order valence-electron chi connectivity index (χ2n) is 6.76. The number of hydrogen-bond donors (Lipinski definition) is 1. The highest BCUT2D eigenvalue weighted by atomic mass is 35.5. The van der Waals surface area contributed by atoms with Crippen LogP contribution in [0.5, 0.6) is 0 Å². The van der Waals surface area contributed by atoms with Crippen LogP contribution in [-0.4, -0.2) is 43.2 Å². The molecule has 132 valence electrons. The molecule has 0 atom stereocenters. The summed E-state index contributed by atoms with van der Waals surface area (Å²) >= 11 is 6.05. The standard InChI is InChI=1S/C21H21ClN4/c1-25-11-13-26(14-12-25)21-23-19(16-5-3-2-4-6-16)15-20(24-21)17-7-9-18(22)10-8-17/h2-10,15H,11-14H2,1H3/p+1. The van der Waals surface area contributed by atoms with Crippen LogP contribution in [0.4, 0.5) is 5.95 Å². The number of nitrogens with zero attached hydrogens (tertiary/aromatic N) is 3. The summed E-state index contributed by atoms with van der Waals surface area (Å²) in [6, 6.07) is 20.2. The number of benzene rings is 2.